The second-order valence-electron chi connectivity index (χ2n) is 3.20. The number of nitrogens with zero attached hydrogens (tertiary/aromatic N) is 1. The Kier molecular flexibility index (Phi) is 3.23. The second kappa shape index (κ2) is 4.21. The summed E-state index contributed by atoms with van der Waals surface area (Å²) in [5.41, 5.74) is 0.782. The molecule has 0 spiro atoms. The maximum Gasteiger partial charge on any atom is 0.250 e. The Bertz CT molecular complexity index is 332. The molecule has 13 heavy (non-hydrogen) atoms. The van der Waals surface area contributed by atoms with E-state index in [-0.39, 0.29) is 12.1 Å². The molecule has 1 rings (SSSR count). The zero-order valence-electron chi connectivity index (χ0n) is 7.96. The monoisotopic (exact) mass is 183 g/mol. The van der Waals surface area contributed by atoms with Crippen molar-refractivity contribution in [3.8, 4) is 0 Å². The molecule has 1 heterocycles. The van der Waals surface area contributed by atoms with Gasteiger partial charge in [-0.3, -0.25) is 4.79 Å². The van der Waals surface area contributed by atoms with Crippen LogP contribution in [0, 0.1) is 6.92 Å². The Hall–Kier alpha value is -1.12. The van der Waals surface area contributed by atoms with Crippen LogP contribution < -0.4 is 5.56 Å². The van der Waals surface area contributed by atoms with E-state index in [1.165, 1.54) is 10.6 Å². The van der Waals surface area contributed by atoms with Gasteiger partial charge in [0.2, 0.25) is 0 Å². The fourth-order valence-corrected chi connectivity index (χ4v) is 1.10. The third kappa shape index (κ3) is 2.68. The standard InChI is InChI=1S/C10H14FNO/c1-3-9(11)7-12-5-4-8(2)6-10(12)13/h4-6,9H,3,7H2,1-2H3. The summed E-state index contributed by atoms with van der Waals surface area (Å²) >= 11 is 0. The van der Waals surface area contributed by atoms with Crippen LogP contribution in [0.25, 0.3) is 0 Å². The first-order chi connectivity index (χ1) is 6.13. The summed E-state index contributed by atoms with van der Waals surface area (Å²) in [7, 11) is 0. The molecule has 1 unspecified atom stereocenters. The van der Waals surface area contributed by atoms with Gasteiger partial charge in [0.05, 0.1) is 6.54 Å². The number of pyridine rings is 1. The first kappa shape index (κ1) is 9.96. The Morgan fingerprint density at radius 2 is 2.31 bits per heavy atom. The Morgan fingerprint density at radius 3 is 2.85 bits per heavy atom. The van der Waals surface area contributed by atoms with E-state index in [9.17, 15) is 9.18 Å². The summed E-state index contributed by atoms with van der Waals surface area (Å²) in [6.45, 7) is 3.78. The Labute approximate surface area is 77.0 Å². The maximum absolute atomic E-state index is 12.9. The lowest BCUT2D eigenvalue weighted by atomic mass is 10.2. The molecule has 0 bridgehead atoms. The van der Waals surface area contributed by atoms with Crippen molar-refractivity contribution in [1.82, 2.24) is 4.57 Å². The summed E-state index contributed by atoms with van der Waals surface area (Å²) in [4.78, 5) is 11.3. The van der Waals surface area contributed by atoms with Crippen LogP contribution in [0.3, 0.4) is 0 Å². The van der Waals surface area contributed by atoms with Crippen LogP contribution in [0.5, 0.6) is 0 Å². The van der Waals surface area contributed by atoms with Gasteiger partial charge >= 0.3 is 0 Å². The molecule has 0 aliphatic rings. The van der Waals surface area contributed by atoms with Gasteiger partial charge in [-0.15, -0.1) is 0 Å². The van der Waals surface area contributed by atoms with Crippen LogP contribution >= 0.6 is 0 Å². The molecular weight excluding hydrogens is 169 g/mol. The van der Waals surface area contributed by atoms with Gasteiger partial charge in [-0.1, -0.05) is 6.92 Å². The number of hydrogen-bond donors (Lipinski definition) is 0. The molecule has 3 heteroatoms. The third-order valence-electron chi connectivity index (χ3n) is 1.99. The normalized spacial score (nSPS) is 12.8. The van der Waals surface area contributed by atoms with E-state index in [0.29, 0.717) is 6.42 Å². The predicted octanol–water partition coefficient (Wildman–Crippen LogP) is 1.90. The molecule has 0 aromatic carbocycles. The highest BCUT2D eigenvalue weighted by Crippen LogP contribution is 2.00. The van der Waals surface area contributed by atoms with Crippen LogP contribution in [-0.2, 0) is 6.54 Å². The highest BCUT2D eigenvalue weighted by atomic mass is 19.1. The second-order valence-corrected chi connectivity index (χ2v) is 3.20. The van der Waals surface area contributed by atoms with Gasteiger partial charge in [0.15, 0.2) is 0 Å². The fourth-order valence-electron chi connectivity index (χ4n) is 1.10. The van der Waals surface area contributed by atoms with E-state index in [1.807, 2.05) is 13.0 Å². The SMILES string of the molecule is CCC(F)Cn1ccc(C)cc1=O. The molecule has 0 aliphatic carbocycles. The van der Waals surface area contributed by atoms with Gasteiger partial charge in [0.1, 0.15) is 6.17 Å². The van der Waals surface area contributed by atoms with E-state index in [2.05, 4.69) is 0 Å². The van der Waals surface area contributed by atoms with Gasteiger partial charge < -0.3 is 4.57 Å². The van der Waals surface area contributed by atoms with Crippen LogP contribution in [0.1, 0.15) is 18.9 Å². The van der Waals surface area contributed by atoms with Gasteiger partial charge in [0.25, 0.3) is 5.56 Å². The van der Waals surface area contributed by atoms with Crippen LogP contribution in [-0.4, -0.2) is 10.7 Å². The first-order valence-corrected chi connectivity index (χ1v) is 4.44. The number of hydrogen-bond acceptors (Lipinski definition) is 1. The topological polar surface area (TPSA) is 22.0 Å². The molecule has 0 amide bonds. The van der Waals surface area contributed by atoms with Crippen LogP contribution in [0.2, 0.25) is 0 Å². The lowest BCUT2D eigenvalue weighted by Crippen LogP contribution is -2.23. The van der Waals surface area contributed by atoms with Crippen molar-refractivity contribution in [2.24, 2.45) is 0 Å². The molecule has 1 aromatic rings. The quantitative estimate of drug-likeness (QED) is 0.701. The summed E-state index contributed by atoms with van der Waals surface area (Å²) < 4.78 is 14.3. The average molecular weight is 183 g/mol. The number of rotatable bonds is 3. The van der Waals surface area contributed by atoms with E-state index in [1.54, 1.807) is 13.1 Å². The van der Waals surface area contributed by atoms with Crippen LogP contribution in [0.15, 0.2) is 23.1 Å². The van der Waals surface area contributed by atoms with Crippen LogP contribution in [0.4, 0.5) is 4.39 Å². The zero-order valence-corrected chi connectivity index (χ0v) is 7.96. The minimum atomic E-state index is -0.930. The van der Waals surface area contributed by atoms with Crippen molar-refractivity contribution in [1.29, 1.82) is 0 Å². The summed E-state index contributed by atoms with van der Waals surface area (Å²) in [5, 5.41) is 0. The third-order valence-corrected chi connectivity index (χ3v) is 1.99. The molecule has 72 valence electrons. The number of aryl methyl sites for hydroxylation is 1. The molecule has 0 fully saturated rings. The minimum Gasteiger partial charge on any atom is -0.313 e. The molecule has 1 atom stereocenters. The van der Waals surface area contributed by atoms with Crippen molar-refractivity contribution in [3.05, 3.63) is 34.2 Å². The summed E-state index contributed by atoms with van der Waals surface area (Å²) in [5.74, 6) is 0. The van der Waals surface area contributed by atoms with E-state index in [0.717, 1.165) is 5.56 Å². The van der Waals surface area contributed by atoms with Crippen molar-refractivity contribution in [3.63, 3.8) is 0 Å². The average Bonchev–Trinajstić information content (AvgIpc) is 2.09. The lowest BCUT2D eigenvalue weighted by Gasteiger charge is -2.07. The van der Waals surface area contributed by atoms with Gasteiger partial charge in [-0.05, 0) is 25.0 Å². The molecule has 0 radical (unpaired) electrons. The van der Waals surface area contributed by atoms with Crippen molar-refractivity contribution >= 4 is 0 Å². The molecule has 2 nitrogen and oxygen atoms in total. The number of alkyl halides is 1. The van der Waals surface area contributed by atoms with Crippen molar-refractivity contribution in [2.45, 2.75) is 33.0 Å². The first-order valence-electron chi connectivity index (χ1n) is 4.44. The molecule has 0 saturated heterocycles. The Morgan fingerprint density at radius 1 is 1.62 bits per heavy atom. The fraction of sp³-hybridized carbons (Fsp3) is 0.500. The van der Waals surface area contributed by atoms with Gasteiger partial charge in [-0.25, -0.2) is 4.39 Å². The molecule has 0 N–H and O–H groups in total. The van der Waals surface area contributed by atoms with E-state index in [4.69, 9.17) is 0 Å². The van der Waals surface area contributed by atoms with E-state index < -0.39 is 6.17 Å². The lowest BCUT2D eigenvalue weighted by molar-refractivity contribution is 0.284. The predicted molar refractivity (Wildman–Crippen MR) is 50.6 cm³/mol. The minimum absolute atomic E-state index is 0.129. The highest BCUT2D eigenvalue weighted by Gasteiger charge is 2.04. The van der Waals surface area contributed by atoms with Gasteiger partial charge in [-0.2, -0.15) is 0 Å². The number of halogens is 1. The highest BCUT2D eigenvalue weighted by molar-refractivity contribution is 5.08. The van der Waals surface area contributed by atoms with Crippen molar-refractivity contribution < 1.29 is 4.39 Å². The zero-order chi connectivity index (χ0) is 9.84. The number of aromatic nitrogens is 1. The molecular formula is C10H14FNO. The largest absolute Gasteiger partial charge is 0.313 e. The summed E-state index contributed by atoms with van der Waals surface area (Å²) in [6, 6.07) is 3.33. The molecule has 0 aliphatic heterocycles. The summed E-state index contributed by atoms with van der Waals surface area (Å²) in [6.07, 6.45) is 1.15. The van der Waals surface area contributed by atoms with Gasteiger partial charge in [0, 0.05) is 12.3 Å². The smallest absolute Gasteiger partial charge is 0.250 e. The Balaban J connectivity index is 2.84. The maximum atomic E-state index is 12.9. The molecule has 0 saturated carbocycles. The molecule has 1 aromatic heterocycles. The van der Waals surface area contributed by atoms with E-state index >= 15 is 0 Å². The van der Waals surface area contributed by atoms with Crippen molar-refractivity contribution in [2.75, 3.05) is 0 Å².